The van der Waals surface area contributed by atoms with Crippen LogP contribution in [0.3, 0.4) is 0 Å². The molecule has 0 spiro atoms. The maximum atomic E-state index is 12.4. The second kappa shape index (κ2) is 6.25. The van der Waals surface area contributed by atoms with Crippen LogP contribution in [0.2, 0.25) is 0 Å². The third kappa shape index (κ3) is 3.30. The van der Waals surface area contributed by atoms with Crippen LogP contribution < -0.4 is 10.2 Å². The minimum Gasteiger partial charge on any atom is -0.355 e. The maximum absolute atomic E-state index is 12.4. The summed E-state index contributed by atoms with van der Waals surface area (Å²) in [4.78, 5) is 30.2. The van der Waals surface area contributed by atoms with E-state index in [0.717, 1.165) is 11.3 Å². The van der Waals surface area contributed by atoms with Crippen LogP contribution in [-0.4, -0.2) is 64.9 Å². The first-order valence-electron chi connectivity index (χ1n) is 8.42. The molecule has 2 N–H and O–H groups in total. The highest BCUT2D eigenvalue weighted by atomic mass is 32.2. The van der Waals surface area contributed by atoms with Gasteiger partial charge in [-0.05, 0) is 19.3 Å². The number of anilines is 1. The van der Waals surface area contributed by atoms with Crippen LogP contribution in [0.5, 0.6) is 0 Å². The fraction of sp³-hybridized carbons (Fsp3) is 0.600. The lowest BCUT2D eigenvalue weighted by molar-refractivity contribution is -0.126. The number of carbonyl (C=O) groups is 1. The van der Waals surface area contributed by atoms with E-state index < -0.39 is 9.84 Å². The van der Waals surface area contributed by atoms with Gasteiger partial charge in [0.15, 0.2) is 21.3 Å². The number of aromatic nitrogens is 4. The molecular formula is C15H20N6O3S. The van der Waals surface area contributed by atoms with Crippen LogP contribution in [0.15, 0.2) is 12.7 Å². The van der Waals surface area contributed by atoms with E-state index in [-0.39, 0.29) is 29.4 Å². The number of imidazole rings is 1. The van der Waals surface area contributed by atoms with E-state index in [0.29, 0.717) is 38.0 Å². The SMILES string of the molecule is O=C(NC1CCS(=O)(=O)C1)C1CCN(c2ncnc3nc[nH]c23)CC1. The smallest absolute Gasteiger partial charge is 0.223 e. The second-order valence-corrected chi connectivity index (χ2v) is 8.90. The van der Waals surface area contributed by atoms with Crippen molar-refractivity contribution in [2.45, 2.75) is 25.3 Å². The molecule has 2 aliphatic heterocycles. The van der Waals surface area contributed by atoms with Crippen LogP contribution in [0.25, 0.3) is 11.2 Å². The summed E-state index contributed by atoms with van der Waals surface area (Å²) in [5, 5.41) is 2.91. The van der Waals surface area contributed by atoms with Crippen molar-refractivity contribution in [2.75, 3.05) is 29.5 Å². The molecule has 1 unspecified atom stereocenters. The zero-order chi connectivity index (χ0) is 17.4. The fourth-order valence-corrected chi connectivity index (χ4v) is 5.25. The first-order valence-corrected chi connectivity index (χ1v) is 10.2. The Morgan fingerprint density at radius 1 is 1.20 bits per heavy atom. The van der Waals surface area contributed by atoms with E-state index in [1.165, 1.54) is 6.33 Å². The maximum Gasteiger partial charge on any atom is 0.223 e. The van der Waals surface area contributed by atoms with E-state index in [1.54, 1.807) is 6.33 Å². The van der Waals surface area contributed by atoms with E-state index in [9.17, 15) is 13.2 Å². The molecule has 2 saturated heterocycles. The molecule has 25 heavy (non-hydrogen) atoms. The number of hydrogen-bond donors (Lipinski definition) is 2. The Hall–Kier alpha value is -2.23. The molecule has 4 heterocycles. The standard InChI is InChI=1S/C15H20N6O3S/c22-15(20-11-3-6-25(23,24)7-11)10-1-4-21(5-2-10)14-12-13(17-8-16-12)18-9-19-14/h8-11H,1-7H2,(H,20,22)(H,16,17,18,19). The Morgan fingerprint density at radius 3 is 2.72 bits per heavy atom. The molecule has 2 aromatic heterocycles. The molecule has 2 aliphatic rings. The third-order valence-electron chi connectivity index (χ3n) is 4.95. The van der Waals surface area contributed by atoms with E-state index in [2.05, 4.69) is 30.2 Å². The molecule has 9 nitrogen and oxygen atoms in total. The molecule has 0 aliphatic carbocycles. The number of hydrogen-bond acceptors (Lipinski definition) is 7. The van der Waals surface area contributed by atoms with Crippen LogP contribution >= 0.6 is 0 Å². The van der Waals surface area contributed by atoms with Gasteiger partial charge < -0.3 is 15.2 Å². The molecular weight excluding hydrogens is 344 g/mol. The van der Waals surface area contributed by atoms with Gasteiger partial charge in [-0.2, -0.15) is 0 Å². The summed E-state index contributed by atoms with van der Waals surface area (Å²) in [5.41, 5.74) is 1.44. The van der Waals surface area contributed by atoms with Crippen molar-refractivity contribution in [1.82, 2.24) is 25.3 Å². The predicted octanol–water partition coefficient (Wildman–Crippen LogP) is -0.127. The highest BCUT2D eigenvalue weighted by Crippen LogP contribution is 2.26. The molecule has 1 amide bonds. The lowest BCUT2D eigenvalue weighted by atomic mass is 9.95. The average Bonchev–Trinajstić information content (AvgIpc) is 3.20. The van der Waals surface area contributed by atoms with Gasteiger partial charge in [0.1, 0.15) is 11.8 Å². The van der Waals surface area contributed by atoms with Gasteiger partial charge in [0.25, 0.3) is 0 Å². The predicted molar refractivity (Wildman–Crippen MR) is 91.8 cm³/mol. The van der Waals surface area contributed by atoms with Gasteiger partial charge in [0, 0.05) is 25.0 Å². The highest BCUT2D eigenvalue weighted by Gasteiger charge is 2.32. The molecule has 1 atom stereocenters. The number of rotatable bonds is 3. The van der Waals surface area contributed by atoms with Crippen LogP contribution in [-0.2, 0) is 14.6 Å². The summed E-state index contributed by atoms with van der Waals surface area (Å²) in [7, 11) is -2.98. The van der Waals surface area contributed by atoms with Crippen LogP contribution in [0.4, 0.5) is 5.82 Å². The zero-order valence-electron chi connectivity index (χ0n) is 13.7. The second-order valence-electron chi connectivity index (χ2n) is 6.67. The summed E-state index contributed by atoms with van der Waals surface area (Å²) in [6.07, 6.45) is 5.04. The van der Waals surface area contributed by atoms with Crippen molar-refractivity contribution >= 4 is 32.7 Å². The van der Waals surface area contributed by atoms with Crippen molar-refractivity contribution in [2.24, 2.45) is 5.92 Å². The molecule has 0 bridgehead atoms. The van der Waals surface area contributed by atoms with Crippen LogP contribution in [0.1, 0.15) is 19.3 Å². The van der Waals surface area contributed by atoms with E-state index in [4.69, 9.17) is 0 Å². The Balaban J connectivity index is 1.37. The number of aromatic amines is 1. The average molecular weight is 364 g/mol. The number of sulfone groups is 1. The topological polar surface area (TPSA) is 121 Å². The number of amides is 1. The molecule has 10 heteroatoms. The minimum atomic E-state index is -2.98. The van der Waals surface area contributed by atoms with Gasteiger partial charge in [-0.1, -0.05) is 0 Å². The van der Waals surface area contributed by atoms with Crippen LogP contribution in [0, 0.1) is 5.92 Å². The molecule has 134 valence electrons. The third-order valence-corrected chi connectivity index (χ3v) is 6.72. The molecule has 0 aromatic carbocycles. The number of nitrogens with one attached hydrogen (secondary N) is 2. The fourth-order valence-electron chi connectivity index (χ4n) is 3.57. The van der Waals surface area contributed by atoms with Gasteiger partial charge >= 0.3 is 0 Å². The first-order chi connectivity index (χ1) is 12.0. The van der Waals surface area contributed by atoms with E-state index in [1.807, 2.05) is 0 Å². The summed E-state index contributed by atoms with van der Waals surface area (Å²) in [6, 6.07) is -0.234. The number of piperidine rings is 1. The number of H-pyrrole nitrogens is 1. The summed E-state index contributed by atoms with van der Waals surface area (Å²) >= 11 is 0. The number of carbonyl (C=O) groups excluding carboxylic acids is 1. The molecule has 0 radical (unpaired) electrons. The Kier molecular flexibility index (Phi) is 4.06. The Labute approximate surface area is 145 Å². The van der Waals surface area contributed by atoms with Gasteiger partial charge in [0.2, 0.25) is 5.91 Å². The van der Waals surface area contributed by atoms with Gasteiger partial charge in [-0.15, -0.1) is 0 Å². The number of nitrogens with zero attached hydrogens (tertiary/aromatic N) is 4. The summed E-state index contributed by atoms with van der Waals surface area (Å²) in [6.45, 7) is 1.43. The summed E-state index contributed by atoms with van der Waals surface area (Å²) < 4.78 is 23.0. The van der Waals surface area contributed by atoms with Gasteiger partial charge in [-0.3, -0.25) is 4.79 Å². The van der Waals surface area contributed by atoms with Gasteiger partial charge in [-0.25, -0.2) is 23.4 Å². The normalized spacial score (nSPS) is 23.8. The molecule has 4 rings (SSSR count). The first kappa shape index (κ1) is 16.2. The Bertz CT molecular complexity index is 888. The zero-order valence-corrected chi connectivity index (χ0v) is 14.5. The van der Waals surface area contributed by atoms with Gasteiger partial charge in [0.05, 0.1) is 17.8 Å². The van der Waals surface area contributed by atoms with Crippen molar-refractivity contribution in [3.63, 3.8) is 0 Å². The van der Waals surface area contributed by atoms with Crippen molar-refractivity contribution < 1.29 is 13.2 Å². The quantitative estimate of drug-likeness (QED) is 0.778. The Morgan fingerprint density at radius 2 is 2.00 bits per heavy atom. The van der Waals surface area contributed by atoms with Crippen molar-refractivity contribution in [3.05, 3.63) is 12.7 Å². The number of fused-ring (bicyclic) bond motifs is 1. The minimum absolute atomic E-state index is 0.0314. The largest absolute Gasteiger partial charge is 0.355 e. The summed E-state index contributed by atoms with van der Waals surface area (Å²) in [5.74, 6) is 0.929. The molecule has 2 aromatic rings. The lowest BCUT2D eigenvalue weighted by Crippen LogP contribution is -2.44. The van der Waals surface area contributed by atoms with Crippen molar-refractivity contribution in [1.29, 1.82) is 0 Å². The molecule has 2 fully saturated rings. The highest BCUT2D eigenvalue weighted by molar-refractivity contribution is 7.91. The van der Waals surface area contributed by atoms with Crippen molar-refractivity contribution in [3.8, 4) is 0 Å². The lowest BCUT2D eigenvalue weighted by Gasteiger charge is -2.32. The van der Waals surface area contributed by atoms with E-state index >= 15 is 0 Å². The monoisotopic (exact) mass is 364 g/mol. The molecule has 0 saturated carbocycles.